The lowest BCUT2D eigenvalue weighted by Gasteiger charge is -2.39. The third-order valence-corrected chi connectivity index (χ3v) is 6.05. The minimum absolute atomic E-state index is 0.0207. The third kappa shape index (κ3) is 7.05. The maximum atomic E-state index is 12.7. The number of rotatable bonds is 7. The van der Waals surface area contributed by atoms with E-state index >= 15 is 0 Å². The fourth-order valence-electron chi connectivity index (χ4n) is 3.51. The van der Waals surface area contributed by atoms with Crippen LogP contribution in [0.15, 0.2) is 36.5 Å². The Labute approximate surface area is 191 Å². The molecule has 0 bridgehead atoms. The normalized spacial score (nSPS) is 17.5. The van der Waals surface area contributed by atoms with Crippen LogP contribution in [0.5, 0.6) is 5.88 Å². The number of piperazine rings is 1. The molecule has 11 heteroatoms. The highest BCUT2D eigenvalue weighted by Crippen LogP contribution is 2.22. The van der Waals surface area contributed by atoms with Crippen LogP contribution < -0.4 is 4.74 Å². The Kier molecular flexibility index (Phi) is 7.77. The molecule has 1 amide bonds. The van der Waals surface area contributed by atoms with Crippen molar-refractivity contribution in [2.45, 2.75) is 25.3 Å². The molecule has 2 aromatic rings. The van der Waals surface area contributed by atoms with Crippen LogP contribution in [0.1, 0.15) is 18.1 Å². The van der Waals surface area contributed by atoms with Gasteiger partial charge in [-0.15, -0.1) is 0 Å². The number of pyridine rings is 1. The van der Waals surface area contributed by atoms with Gasteiger partial charge in [-0.2, -0.15) is 8.42 Å². The fraction of sp³-hybridized carbons (Fsp3) is 0.400. The average Bonchev–Trinajstić information content (AvgIpc) is 2.68. The first kappa shape index (κ1) is 23.7. The molecule has 1 aromatic carbocycles. The molecule has 31 heavy (non-hydrogen) atoms. The van der Waals surface area contributed by atoms with Gasteiger partial charge in [0.2, 0.25) is 5.88 Å². The first-order chi connectivity index (χ1) is 14.6. The molecule has 8 nitrogen and oxygen atoms in total. The predicted octanol–water partition coefficient (Wildman–Crippen LogP) is 2.89. The molecule has 1 fully saturated rings. The summed E-state index contributed by atoms with van der Waals surface area (Å²) in [6, 6.07) is 9.01. The van der Waals surface area contributed by atoms with E-state index < -0.39 is 15.9 Å². The number of ether oxygens (including phenoxy) is 1. The van der Waals surface area contributed by atoms with Crippen molar-refractivity contribution in [2.24, 2.45) is 0 Å². The lowest BCUT2D eigenvalue weighted by Crippen LogP contribution is -2.54. The molecule has 3 rings (SSSR count). The second kappa shape index (κ2) is 10.1. The van der Waals surface area contributed by atoms with E-state index in [1.165, 1.54) is 12.3 Å². The largest absolute Gasteiger partial charge is 0.467 e. The van der Waals surface area contributed by atoms with Crippen LogP contribution >= 0.6 is 23.2 Å². The summed E-state index contributed by atoms with van der Waals surface area (Å²) in [5.41, 5.74) is 1.24. The number of nitrogens with zero attached hydrogens (tertiary/aromatic N) is 3. The second-order valence-electron chi connectivity index (χ2n) is 7.43. The monoisotopic (exact) mass is 487 g/mol. The van der Waals surface area contributed by atoms with E-state index in [1.54, 1.807) is 4.90 Å². The lowest BCUT2D eigenvalue weighted by molar-refractivity contribution is -0.138. The molecule has 1 aromatic heterocycles. The molecule has 0 unspecified atom stereocenters. The Bertz CT molecular complexity index is 1030. The number of carbonyl (C=O) groups is 1. The lowest BCUT2D eigenvalue weighted by atomic mass is 10.1. The SMILES string of the molecule is C[C@@H]1CN(Cc2ccc(Cl)cc2)CCN1C(=O)COc1ncc(Cl)cc1CS(=O)(=O)O. The quantitative estimate of drug-likeness (QED) is 0.599. The van der Waals surface area contributed by atoms with Crippen LogP contribution in [0.25, 0.3) is 0 Å². The summed E-state index contributed by atoms with van der Waals surface area (Å²) < 4.78 is 37.0. The van der Waals surface area contributed by atoms with Gasteiger partial charge in [0.1, 0.15) is 5.75 Å². The van der Waals surface area contributed by atoms with Crippen molar-refractivity contribution < 1.29 is 22.5 Å². The molecule has 1 aliphatic rings. The number of benzene rings is 1. The average molecular weight is 488 g/mol. The summed E-state index contributed by atoms with van der Waals surface area (Å²) in [7, 11) is -4.31. The van der Waals surface area contributed by atoms with Crippen LogP contribution in [0.4, 0.5) is 0 Å². The third-order valence-electron chi connectivity index (χ3n) is 4.91. The van der Waals surface area contributed by atoms with E-state index in [0.717, 1.165) is 12.1 Å². The van der Waals surface area contributed by atoms with E-state index in [2.05, 4.69) is 9.88 Å². The minimum atomic E-state index is -4.31. The number of hydrogen-bond acceptors (Lipinski definition) is 6. The highest BCUT2D eigenvalue weighted by molar-refractivity contribution is 7.85. The first-order valence-electron chi connectivity index (χ1n) is 9.59. The van der Waals surface area contributed by atoms with Crippen LogP contribution in [-0.4, -0.2) is 65.9 Å². The standard InChI is InChI=1S/C20H23Cl2N3O5S/c1-14-10-24(11-15-2-4-17(21)5-3-15)6-7-25(14)19(26)12-30-20-16(13-31(27,28)29)8-18(22)9-23-20/h2-5,8-9,14H,6-7,10-13H2,1H3,(H,27,28,29)/t14-/m1/s1. The Morgan fingerprint density at radius 2 is 1.94 bits per heavy atom. The summed E-state index contributed by atoms with van der Waals surface area (Å²) in [5, 5.41) is 0.894. The van der Waals surface area contributed by atoms with Crippen molar-refractivity contribution in [1.29, 1.82) is 0 Å². The molecule has 1 aliphatic heterocycles. The first-order valence-corrected chi connectivity index (χ1v) is 12.0. The Balaban J connectivity index is 1.56. The molecule has 0 radical (unpaired) electrons. The maximum absolute atomic E-state index is 12.7. The molecule has 1 atom stereocenters. The van der Waals surface area contributed by atoms with Crippen LogP contribution in [-0.2, 0) is 27.2 Å². The molecule has 0 aliphatic carbocycles. The van der Waals surface area contributed by atoms with Gasteiger partial charge >= 0.3 is 0 Å². The fourth-order valence-corrected chi connectivity index (χ4v) is 4.41. The Morgan fingerprint density at radius 3 is 2.58 bits per heavy atom. The van der Waals surface area contributed by atoms with E-state index in [-0.39, 0.29) is 35.0 Å². The number of amides is 1. The predicted molar refractivity (Wildman–Crippen MR) is 118 cm³/mol. The zero-order chi connectivity index (χ0) is 22.6. The molecule has 0 spiro atoms. The van der Waals surface area contributed by atoms with Gasteiger partial charge in [0.15, 0.2) is 6.61 Å². The minimum Gasteiger partial charge on any atom is -0.467 e. The van der Waals surface area contributed by atoms with Gasteiger partial charge in [0, 0.05) is 49.0 Å². The number of aromatic nitrogens is 1. The topological polar surface area (TPSA) is 100 Å². The second-order valence-corrected chi connectivity index (χ2v) is 9.76. The van der Waals surface area contributed by atoms with Crippen LogP contribution in [0.3, 0.4) is 0 Å². The van der Waals surface area contributed by atoms with Crippen LogP contribution in [0.2, 0.25) is 10.0 Å². The van der Waals surface area contributed by atoms with Gasteiger partial charge < -0.3 is 9.64 Å². The van der Waals surface area contributed by atoms with Crippen molar-refractivity contribution in [1.82, 2.24) is 14.8 Å². The van der Waals surface area contributed by atoms with Gasteiger partial charge in [-0.1, -0.05) is 35.3 Å². The maximum Gasteiger partial charge on any atom is 0.269 e. The summed E-state index contributed by atoms with van der Waals surface area (Å²) in [6.07, 6.45) is 1.28. The molecule has 1 N–H and O–H groups in total. The zero-order valence-electron chi connectivity index (χ0n) is 16.9. The highest BCUT2D eigenvalue weighted by atomic mass is 35.5. The molecular weight excluding hydrogens is 465 g/mol. The summed E-state index contributed by atoms with van der Waals surface area (Å²) >= 11 is 11.8. The number of hydrogen-bond donors (Lipinski definition) is 1. The molecule has 2 heterocycles. The molecule has 1 saturated heterocycles. The highest BCUT2D eigenvalue weighted by Gasteiger charge is 2.28. The van der Waals surface area contributed by atoms with Gasteiger partial charge in [0.25, 0.3) is 16.0 Å². The molecule has 0 saturated carbocycles. The molecule has 168 valence electrons. The van der Waals surface area contributed by atoms with Crippen molar-refractivity contribution in [3.8, 4) is 5.88 Å². The Morgan fingerprint density at radius 1 is 1.23 bits per heavy atom. The van der Waals surface area contributed by atoms with Gasteiger partial charge in [-0.05, 0) is 30.7 Å². The van der Waals surface area contributed by atoms with E-state index in [4.69, 9.17) is 32.5 Å². The Hall–Kier alpha value is -1.91. The van der Waals surface area contributed by atoms with Gasteiger partial charge in [-0.25, -0.2) is 4.98 Å². The van der Waals surface area contributed by atoms with Crippen molar-refractivity contribution in [3.63, 3.8) is 0 Å². The van der Waals surface area contributed by atoms with E-state index in [1.807, 2.05) is 31.2 Å². The number of carbonyl (C=O) groups excluding carboxylic acids is 1. The van der Waals surface area contributed by atoms with E-state index in [9.17, 15) is 13.2 Å². The van der Waals surface area contributed by atoms with Gasteiger partial charge in [0.05, 0.1) is 5.02 Å². The number of halogens is 2. The summed E-state index contributed by atoms with van der Waals surface area (Å²) in [5.74, 6) is -0.985. The van der Waals surface area contributed by atoms with Crippen molar-refractivity contribution in [3.05, 3.63) is 57.7 Å². The summed E-state index contributed by atoms with van der Waals surface area (Å²) in [4.78, 5) is 20.6. The van der Waals surface area contributed by atoms with Gasteiger partial charge in [-0.3, -0.25) is 14.2 Å². The molecular formula is C20H23Cl2N3O5S. The van der Waals surface area contributed by atoms with Crippen molar-refractivity contribution in [2.75, 3.05) is 26.2 Å². The smallest absolute Gasteiger partial charge is 0.269 e. The van der Waals surface area contributed by atoms with Crippen LogP contribution in [0, 0.1) is 0 Å². The van der Waals surface area contributed by atoms with Crippen molar-refractivity contribution >= 4 is 39.2 Å². The van der Waals surface area contributed by atoms with E-state index in [0.29, 0.717) is 24.7 Å². The summed E-state index contributed by atoms with van der Waals surface area (Å²) in [6.45, 7) is 4.41. The zero-order valence-corrected chi connectivity index (χ0v) is 19.2.